The fourth-order valence-electron chi connectivity index (χ4n) is 3.43. The Bertz CT molecular complexity index is 705. The van der Waals surface area contributed by atoms with E-state index in [0.29, 0.717) is 29.8 Å². The second-order valence-corrected chi connectivity index (χ2v) is 6.60. The zero-order chi connectivity index (χ0) is 17.8. The maximum Gasteiger partial charge on any atom is 0.276 e. The smallest absolute Gasteiger partial charge is 0.276 e. The van der Waals surface area contributed by atoms with Crippen molar-refractivity contribution in [1.82, 2.24) is 14.9 Å². The van der Waals surface area contributed by atoms with Gasteiger partial charge in [-0.2, -0.15) is 0 Å². The van der Waals surface area contributed by atoms with E-state index in [0.717, 1.165) is 38.3 Å². The first-order valence-electron chi connectivity index (χ1n) is 8.97. The second kappa shape index (κ2) is 7.68. The Morgan fingerprint density at radius 2 is 2.08 bits per heavy atom. The molecule has 0 aromatic carbocycles. The summed E-state index contributed by atoms with van der Waals surface area (Å²) in [6.07, 6.45) is 3.97. The van der Waals surface area contributed by atoms with Gasteiger partial charge in [0.05, 0.1) is 0 Å². The summed E-state index contributed by atoms with van der Waals surface area (Å²) < 4.78 is 5.41. The number of carbonyl (C=O) groups is 1. The van der Waals surface area contributed by atoms with Crippen LogP contribution >= 0.6 is 0 Å². The highest BCUT2D eigenvalue weighted by molar-refractivity contribution is 5.93. The molecule has 134 valence electrons. The fourth-order valence-corrected chi connectivity index (χ4v) is 3.43. The third-order valence-electron chi connectivity index (χ3n) is 4.84. The number of carbonyl (C=O) groups excluding carboxylic acids is 1. The molecule has 1 aliphatic rings. The van der Waals surface area contributed by atoms with Crippen LogP contribution in [0, 0.1) is 19.8 Å². The largest absolute Gasteiger partial charge is 0.445 e. The van der Waals surface area contributed by atoms with Gasteiger partial charge < -0.3 is 14.2 Å². The third kappa shape index (κ3) is 4.00. The molecule has 0 saturated carbocycles. The van der Waals surface area contributed by atoms with Crippen molar-refractivity contribution in [2.75, 3.05) is 31.1 Å². The SMILES string of the molecule is CCN(CC1CCN(c2ccccn2)CC1)C(=O)c1nc(C)oc1C. The summed E-state index contributed by atoms with van der Waals surface area (Å²) in [6, 6.07) is 6.01. The van der Waals surface area contributed by atoms with Gasteiger partial charge in [-0.3, -0.25) is 4.79 Å². The van der Waals surface area contributed by atoms with Gasteiger partial charge in [0.1, 0.15) is 11.6 Å². The van der Waals surface area contributed by atoms with Crippen LogP contribution in [0.15, 0.2) is 28.8 Å². The standard InChI is InChI=1S/C19H26N4O2/c1-4-22(19(24)18-14(2)25-15(3)21-18)13-16-8-11-23(12-9-16)17-7-5-6-10-20-17/h5-7,10,16H,4,8-9,11-13H2,1-3H3. The van der Waals surface area contributed by atoms with Crippen LogP contribution in [0.4, 0.5) is 5.82 Å². The van der Waals surface area contributed by atoms with Crippen LogP contribution in [0.25, 0.3) is 0 Å². The summed E-state index contributed by atoms with van der Waals surface area (Å²) in [5.74, 6) is 2.67. The molecule has 3 rings (SSSR count). The number of aryl methyl sites for hydroxylation is 2. The van der Waals surface area contributed by atoms with E-state index in [1.54, 1.807) is 13.8 Å². The highest BCUT2D eigenvalue weighted by atomic mass is 16.4. The van der Waals surface area contributed by atoms with E-state index < -0.39 is 0 Å². The molecule has 1 fully saturated rings. The van der Waals surface area contributed by atoms with Gasteiger partial charge in [-0.25, -0.2) is 9.97 Å². The number of oxazole rings is 1. The fraction of sp³-hybridized carbons (Fsp3) is 0.526. The Kier molecular flexibility index (Phi) is 5.36. The zero-order valence-corrected chi connectivity index (χ0v) is 15.2. The molecule has 1 amide bonds. The van der Waals surface area contributed by atoms with E-state index in [-0.39, 0.29) is 5.91 Å². The minimum Gasteiger partial charge on any atom is -0.445 e. The second-order valence-electron chi connectivity index (χ2n) is 6.60. The number of piperidine rings is 1. The van der Waals surface area contributed by atoms with Crippen molar-refractivity contribution in [3.63, 3.8) is 0 Å². The van der Waals surface area contributed by atoms with Crippen LogP contribution in [0.2, 0.25) is 0 Å². The first kappa shape index (κ1) is 17.5. The van der Waals surface area contributed by atoms with Crippen molar-refractivity contribution in [3.05, 3.63) is 41.7 Å². The van der Waals surface area contributed by atoms with E-state index in [2.05, 4.69) is 20.9 Å². The minimum absolute atomic E-state index is 0.0241. The minimum atomic E-state index is -0.0241. The summed E-state index contributed by atoms with van der Waals surface area (Å²) in [5, 5.41) is 0. The molecule has 1 aliphatic heterocycles. The summed E-state index contributed by atoms with van der Waals surface area (Å²) in [4.78, 5) is 25.6. The summed E-state index contributed by atoms with van der Waals surface area (Å²) in [6.45, 7) is 9.01. The molecular weight excluding hydrogens is 316 g/mol. The first-order chi connectivity index (χ1) is 12.1. The van der Waals surface area contributed by atoms with Crippen LogP contribution in [-0.2, 0) is 0 Å². The molecule has 3 heterocycles. The van der Waals surface area contributed by atoms with Crippen LogP contribution in [0.1, 0.15) is 41.9 Å². The van der Waals surface area contributed by atoms with Crippen molar-refractivity contribution in [2.45, 2.75) is 33.6 Å². The van der Waals surface area contributed by atoms with Gasteiger partial charge in [-0.15, -0.1) is 0 Å². The highest BCUT2D eigenvalue weighted by Gasteiger charge is 2.26. The average molecular weight is 342 g/mol. The van der Waals surface area contributed by atoms with Gasteiger partial charge >= 0.3 is 0 Å². The van der Waals surface area contributed by atoms with Crippen molar-refractivity contribution >= 4 is 11.7 Å². The molecule has 25 heavy (non-hydrogen) atoms. The number of hydrogen-bond acceptors (Lipinski definition) is 5. The van der Waals surface area contributed by atoms with Gasteiger partial charge in [0, 0.05) is 39.3 Å². The molecule has 0 unspecified atom stereocenters. The van der Waals surface area contributed by atoms with Crippen molar-refractivity contribution in [1.29, 1.82) is 0 Å². The Morgan fingerprint density at radius 3 is 2.64 bits per heavy atom. The van der Waals surface area contributed by atoms with Gasteiger partial charge in [0.2, 0.25) is 0 Å². The van der Waals surface area contributed by atoms with Gasteiger partial charge in [-0.1, -0.05) is 6.07 Å². The van der Waals surface area contributed by atoms with E-state index in [1.165, 1.54) is 0 Å². The van der Waals surface area contributed by atoms with Crippen LogP contribution in [0.3, 0.4) is 0 Å². The Balaban J connectivity index is 1.58. The molecule has 6 nitrogen and oxygen atoms in total. The Labute approximate surface area is 148 Å². The maximum atomic E-state index is 12.8. The molecule has 0 radical (unpaired) electrons. The van der Waals surface area contributed by atoms with Gasteiger partial charge in [-0.05, 0) is 44.7 Å². The van der Waals surface area contributed by atoms with E-state index >= 15 is 0 Å². The third-order valence-corrected chi connectivity index (χ3v) is 4.84. The lowest BCUT2D eigenvalue weighted by Crippen LogP contribution is -2.41. The van der Waals surface area contributed by atoms with Crippen molar-refractivity contribution in [3.8, 4) is 0 Å². The number of hydrogen-bond donors (Lipinski definition) is 0. The number of nitrogens with zero attached hydrogens (tertiary/aromatic N) is 4. The Hall–Kier alpha value is -2.37. The normalized spacial score (nSPS) is 15.4. The van der Waals surface area contributed by atoms with Gasteiger partial charge in [0.15, 0.2) is 11.6 Å². The summed E-state index contributed by atoms with van der Waals surface area (Å²) in [7, 11) is 0. The number of pyridine rings is 1. The number of amides is 1. The number of anilines is 1. The average Bonchev–Trinajstić information content (AvgIpc) is 2.98. The van der Waals surface area contributed by atoms with E-state index in [4.69, 9.17) is 4.42 Å². The molecule has 6 heteroatoms. The molecule has 0 spiro atoms. The number of aromatic nitrogens is 2. The van der Waals surface area contributed by atoms with E-state index in [9.17, 15) is 4.79 Å². The Morgan fingerprint density at radius 1 is 1.32 bits per heavy atom. The molecule has 0 bridgehead atoms. The lowest BCUT2D eigenvalue weighted by molar-refractivity contribution is 0.0722. The van der Waals surface area contributed by atoms with Gasteiger partial charge in [0.25, 0.3) is 5.91 Å². The lowest BCUT2D eigenvalue weighted by Gasteiger charge is -2.35. The molecule has 1 saturated heterocycles. The predicted molar refractivity (Wildman–Crippen MR) is 96.7 cm³/mol. The molecule has 0 atom stereocenters. The highest BCUT2D eigenvalue weighted by Crippen LogP contribution is 2.23. The molecular formula is C19H26N4O2. The topological polar surface area (TPSA) is 62.5 Å². The van der Waals surface area contributed by atoms with Crippen LogP contribution < -0.4 is 4.90 Å². The monoisotopic (exact) mass is 342 g/mol. The quantitative estimate of drug-likeness (QED) is 0.836. The van der Waals surface area contributed by atoms with Crippen LogP contribution in [-0.4, -0.2) is 47.0 Å². The van der Waals surface area contributed by atoms with Crippen molar-refractivity contribution in [2.24, 2.45) is 5.92 Å². The number of rotatable bonds is 5. The summed E-state index contributed by atoms with van der Waals surface area (Å²) >= 11 is 0. The molecule has 2 aromatic rings. The zero-order valence-electron chi connectivity index (χ0n) is 15.2. The van der Waals surface area contributed by atoms with Crippen LogP contribution in [0.5, 0.6) is 0 Å². The predicted octanol–water partition coefficient (Wildman–Crippen LogP) is 3.07. The molecule has 0 aliphatic carbocycles. The maximum absolute atomic E-state index is 12.8. The van der Waals surface area contributed by atoms with Crippen molar-refractivity contribution < 1.29 is 9.21 Å². The van der Waals surface area contributed by atoms with E-state index in [1.807, 2.05) is 30.2 Å². The first-order valence-corrected chi connectivity index (χ1v) is 8.97. The molecule has 2 aromatic heterocycles. The lowest BCUT2D eigenvalue weighted by atomic mass is 9.96. The summed E-state index contributed by atoms with van der Waals surface area (Å²) in [5.41, 5.74) is 0.449. The molecule has 0 N–H and O–H groups in total.